The number of amides is 1. The molecular formula is C12H18N2O. The van der Waals surface area contributed by atoms with E-state index in [4.69, 9.17) is 5.73 Å². The molecule has 0 saturated heterocycles. The molecule has 0 aliphatic heterocycles. The molecule has 0 spiro atoms. The van der Waals surface area contributed by atoms with Gasteiger partial charge >= 0.3 is 0 Å². The zero-order chi connectivity index (χ0) is 11.3. The SMILES string of the molecule is CC(C)C(=O)Nc1ccc(CCN)cc1. The average molecular weight is 206 g/mol. The highest BCUT2D eigenvalue weighted by atomic mass is 16.1. The van der Waals surface area contributed by atoms with Crippen LogP contribution in [0.25, 0.3) is 0 Å². The van der Waals surface area contributed by atoms with Crippen molar-refractivity contribution in [3.05, 3.63) is 29.8 Å². The quantitative estimate of drug-likeness (QED) is 0.789. The van der Waals surface area contributed by atoms with Gasteiger partial charge in [-0.25, -0.2) is 0 Å². The Hall–Kier alpha value is -1.35. The number of hydrogen-bond donors (Lipinski definition) is 2. The molecule has 0 radical (unpaired) electrons. The minimum Gasteiger partial charge on any atom is -0.330 e. The number of anilines is 1. The minimum atomic E-state index is 0.00807. The maximum Gasteiger partial charge on any atom is 0.226 e. The van der Waals surface area contributed by atoms with Crippen LogP contribution >= 0.6 is 0 Å². The van der Waals surface area contributed by atoms with Crippen molar-refractivity contribution >= 4 is 11.6 Å². The van der Waals surface area contributed by atoms with Crippen molar-refractivity contribution in [2.75, 3.05) is 11.9 Å². The lowest BCUT2D eigenvalue weighted by molar-refractivity contribution is -0.118. The molecule has 3 heteroatoms. The minimum absolute atomic E-state index is 0.00807. The van der Waals surface area contributed by atoms with Crippen molar-refractivity contribution in [1.29, 1.82) is 0 Å². The monoisotopic (exact) mass is 206 g/mol. The van der Waals surface area contributed by atoms with E-state index >= 15 is 0 Å². The van der Waals surface area contributed by atoms with Crippen LogP contribution in [0.2, 0.25) is 0 Å². The number of carbonyl (C=O) groups excluding carboxylic acids is 1. The summed E-state index contributed by atoms with van der Waals surface area (Å²) in [5, 5.41) is 2.84. The summed E-state index contributed by atoms with van der Waals surface area (Å²) in [6.07, 6.45) is 0.873. The summed E-state index contributed by atoms with van der Waals surface area (Å²) in [7, 11) is 0. The van der Waals surface area contributed by atoms with Gasteiger partial charge in [0.15, 0.2) is 0 Å². The Kier molecular flexibility index (Phi) is 4.31. The molecule has 3 nitrogen and oxygen atoms in total. The van der Waals surface area contributed by atoms with E-state index in [-0.39, 0.29) is 11.8 Å². The van der Waals surface area contributed by atoms with Crippen LogP contribution in [0.4, 0.5) is 5.69 Å². The highest BCUT2D eigenvalue weighted by Gasteiger charge is 2.06. The number of nitrogens with two attached hydrogens (primary N) is 1. The molecule has 0 atom stereocenters. The lowest BCUT2D eigenvalue weighted by atomic mass is 10.1. The summed E-state index contributed by atoms with van der Waals surface area (Å²) in [4.78, 5) is 11.4. The highest BCUT2D eigenvalue weighted by molar-refractivity contribution is 5.91. The Balaban J connectivity index is 2.60. The Morgan fingerprint density at radius 3 is 2.40 bits per heavy atom. The van der Waals surface area contributed by atoms with Crippen LogP contribution in [0.15, 0.2) is 24.3 Å². The molecule has 0 aromatic heterocycles. The van der Waals surface area contributed by atoms with Crippen molar-refractivity contribution in [2.24, 2.45) is 11.7 Å². The lowest BCUT2D eigenvalue weighted by Gasteiger charge is -2.08. The fraction of sp³-hybridized carbons (Fsp3) is 0.417. The molecule has 1 amide bonds. The van der Waals surface area contributed by atoms with E-state index in [9.17, 15) is 4.79 Å². The first-order valence-electron chi connectivity index (χ1n) is 5.23. The Bertz CT molecular complexity index is 317. The lowest BCUT2D eigenvalue weighted by Crippen LogP contribution is -2.17. The van der Waals surface area contributed by atoms with Crippen LogP contribution in [0.3, 0.4) is 0 Å². The Morgan fingerprint density at radius 1 is 1.33 bits per heavy atom. The second-order valence-electron chi connectivity index (χ2n) is 3.88. The molecule has 0 unspecified atom stereocenters. The smallest absolute Gasteiger partial charge is 0.226 e. The molecule has 0 heterocycles. The van der Waals surface area contributed by atoms with Crippen LogP contribution in [0.1, 0.15) is 19.4 Å². The molecule has 15 heavy (non-hydrogen) atoms. The van der Waals surface area contributed by atoms with Crippen molar-refractivity contribution in [3.63, 3.8) is 0 Å². The maximum atomic E-state index is 11.4. The highest BCUT2D eigenvalue weighted by Crippen LogP contribution is 2.10. The van der Waals surface area contributed by atoms with E-state index in [1.54, 1.807) is 0 Å². The molecule has 82 valence electrons. The largest absolute Gasteiger partial charge is 0.330 e. The predicted molar refractivity (Wildman–Crippen MR) is 62.7 cm³/mol. The van der Waals surface area contributed by atoms with Gasteiger partial charge in [0.25, 0.3) is 0 Å². The molecule has 0 bridgehead atoms. The number of hydrogen-bond acceptors (Lipinski definition) is 2. The van der Waals surface area contributed by atoms with E-state index in [2.05, 4.69) is 5.32 Å². The summed E-state index contributed by atoms with van der Waals surface area (Å²) in [6, 6.07) is 7.79. The third kappa shape index (κ3) is 3.72. The van der Waals surface area contributed by atoms with Gasteiger partial charge in [-0.3, -0.25) is 4.79 Å². The Labute approximate surface area is 90.7 Å². The van der Waals surface area contributed by atoms with Crippen molar-refractivity contribution < 1.29 is 4.79 Å². The predicted octanol–water partition coefficient (Wildman–Crippen LogP) is 1.78. The second kappa shape index (κ2) is 5.51. The number of benzene rings is 1. The van der Waals surface area contributed by atoms with Gasteiger partial charge in [-0.05, 0) is 30.7 Å². The second-order valence-corrected chi connectivity index (χ2v) is 3.88. The summed E-state index contributed by atoms with van der Waals surface area (Å²) in [6.45, 7) is 4.40. The van der Waals surface area contributed by atoms with E-state index in [1.807, 2.05) is 38.1 Å². The third-order valence-electron chi connectivity index (χ3n) is 2.18. The van der Waals surface area contributed by atoms with Crippen molar-refractivity contribution in [3.8, 4) is 0 Å². The van der Waals surface area contributed by atoms with Gasteiger partial charge in [0.2, 0.25) is 5.91 Å². The van der Waals surface area contributed by atoms with Gasteiger partial charge in [-0.1, -0.05) is 26.0 Å². The van der Waals surface area contributed by atoms with Gasteiger partial charge in [-0.2, -0.15) is 0 Å². The first kappa shape index (κ1) is 11.7. The van der Waals surface area contributed by atoms with Crippen molar-refractivity contribution in [1.82, 2.24) is 0 Å². The number of rotatable bonds is 4. The first-order valence-corrected chi connectivity index (χ1v) is 5.23. The number of carbonyl (C=O) groups is 1. The fourth-order valence-electron chi connectivity index (χ4n) is 1.21. The summed E-state index contributed by atoms with van der Waals surface area (Å²) in [5.74, 6) is 0.0512. The molecule has 0 aliphatic rings. The standard InChI is InChI=1S/C12H18N2O/c1-9(2)12(15)14-11-5-3-10(4-6-11)7-8-13/h3-6,9H,7-8,13H2,1-2H3,(H,14,15). The maximum absolute atomic E-state index is 11.4. The van der Waals surface area contributed by atoms with E-state index < -0.39 is 0 Å². The van der Waals surface area contributed by atoms with Crippen LogP contribution < -0.4 is 11.1 Å². The molecule has 1 aromatic carbocycles. The van der Waals surface area contributed by atoms with E-state index in [0.29, 0.717) is 6.54 Å². The first-order chi connectivity index (χ1) is 7.13. The molecule has 1 aromatic rings. The Morgan fingerprint density at radius 2 is 1.93 bits per heavy atom. The van der Waals surface area contributed by atoms with Gasteiger partial charge in [0, 0.05) is 11.6 Å². The third-order valence-corrected chi connectivity index (χ3v) is 2.18. The zero-order valence-electron chi connectivity index (χ0n) is 9.29. The topological polar surface area (TPSA) is 55.1 Å². The van der Waals surface area contributed by atoms with Gasteiger partial charge in [0.05, 0.1) is 0 Å². The molecule has 0 saturated carbocycles. The average Bonchev–Trinajstić information content (AvgIpc) is 2.21. The zero-order valence-corrected chi connectivity index (χ0v) is 9.29. The van der Waals surface area contributed by atoms with Crippen LogP contribution in [0.5, 0.6) is 0 Å². The molecule has 1 rings (SSSR count). The molecule has 0 fully saturated rings. The van der Waals surface area contributed by atoms with Crippen LogP contribution in [-0.2, 0) is 11.2 Å². The van der Waals surface area contributed by atoms with E-state index in [1.165, 1.54) is 5.56 Å². The van der Waals surface area contributed by atoms with Crippen molar-refractivity contribution in [2.45, 2.75) is 20.3 Å². The van der Waals surface area contributed by atoms with Gasteiger partial charge < -0.3 is 11.1 Å². The van der Waals surface area contributed by atoms with Gasteiger partial charge in [0.1, 0.15) is 0 Å². The summed E-state index contributed by atoms with van der Waals surface area (Å²) in [5.41, 5.74) is 7.49. The van der Waals surface area contributed by atoms with Gasteiger partial charge in [-0.15, -0.1) is 0 Å². The summed E-state index contributed by atoms with van der Waals surface area (Å²) < 4.78 is 0. The molecular weight excluding hydrogens is 188 g/mol. The summed E-state index contributed by atoms with van der Waals surface area (Å²) >= 11 is 0. The van der Waals surface area contributed by atoms with E-state index in [0.717, 1.165) is 12.1 Å². The number of nitrogens with one attached hydrogen (secondary N) is 1. The normalized spacial score (nSPS) is 10.4. The van der Waals surface area contributed by atoms with Crippen LogP contribution in [-0.4, -0.2) is 12.5 Å². The molecule has 0 aliphatic carbocycles. The fourth-order valence-corrected chi connectivity index (χ4v) is 1.21. The van der Waals surface area contributed by atoms with Crippen LogP contribution in [0, 0.1) is 5.92 Å². The molecule has 3 N–H and O–H groups in total.